The summed E-state index contributed by atoms with van der Waals surface area (Å²) in [7, 11) is 0. The van der Waals surface area contributed by atoms with E-state index >= 15 is 0 Å². The fraction of sp³-hybridized carbons (Fsp3) is 0. The van der Waals surface area contributed by atoms with Gasteiger partial charge in [-0.15, -0.1) is 0 Å². The SMILES string of the molecule is c1ccc(-c2cccc(-c3c4ccc(N(c5ccccc5)c5cccc(-c6ccccc6)c5)cc4c(-c4ccc5ccccc5c4)c4ccc(N(c5ccccc5)c5cccc(-c6ccccc6)c5)cc34)c2)cc1. The highest BCUT2D eigenvalue weighted by atomic mass is 15.1. The fourth-order valence-electron chi connectivity index (χ4n) is 10.9. The van der Waals surface area contributed by atoms with Crippen molar-refractivity contribution in [2.24, 2.45) is 0 Å². The van der Waals surface area contributed by atoms with E-state index in [1.54, 1.807) is 0 Å². The smallest absolute Gasteiger partial charge is 0.0468 e. The molecule has 0 bridgehead atoms. The third kappa shape index (κ3) is 8.45. The quantitative estimate of drug-likeness (QED) is 0.119. The van der Waals surface area contributed by atoms with Gasteiger partial charge >= 0.3 is 0 Å². The molecule has 13 rings (SSSR count). The highest BCUT2D eigenvalue weighted by molar-refractivity contribution is 6.23. The Morgan fingerprint density at radius 3 is 0.973 bits per heavy atom. The maximum atomic E-state index is 2.44. The second kappa shape index (κ2) is 19.4. The average molecular weight is 943 g/mol. The molecule has 0 spiro atoms. The number of hydrogen-bond acceptors (Lipinski definition) is 2. The van der Waals surface area contributed by atoms with Crippen molar-refractivity contribution >= 4 is 66.4 Å². The molecule has 0 amide bonds. The molecule has 74 heavy (non-hydrogen) atoms. The summed E-state index contributed by atoms with van der Waals surface area (Å²) in [6.07, 6.45) is 0. The van der Waals surface area contributed by atoms with E-state index < -0.39 is 0 Å². The Balaban J connectivity index is 1.11. The predicted octanol–water partition coefficient (Wildman–Crippen LogP) is 20.4. The van der Waals surface area contributed by atoms with Gasteiger partial charge in [-0.3, -0.25) is 0 Å². The third-order valence-corrected chi connectivity index (χ3v) is 14.3. The van der Waals surface area contributed by atoms with E-state index in [0.29, 0.717) is 0 Å². The van der Waals surface area contributed by atoms with Crippen molar-refractivity contribution < 1.29 is 0 Å². The van der Waals surface area contributed by atoms with Gasteiger partial charge in [0.15, 0.2) is 0 Å². The Kier molecular flexibility index (Phi) is 11.6. The van der Waals surface area contributed by atoms with Crippen LogP contribution in [-0.2, 0) is 0 Å². The first-order chi connectivity index (χ1) is 36.7. The Labute approximate surface area is 433 Å². The molecular formula is C72H50N2. The summed E-state index contributed by atoms with van der Waals surface area (Å²) in [6, 6.07) is 110. The third-order valence-electron chi connectivity index (χ3n) is 14.3. The Morgan fingerprint density at radius 2 is 0.500 bits per heavy atom. The maximum absolute atomic E-state index is 2.44. The van der Waals surface area contributed by atoms with Crippen LogP contribution in [0.2, 0.25) is 0 Å². The summed E-state index contributed by atoms with van der Waals surface area (Å²) >= 11 is 0. The first-order valence-electron chi connectivity index (χ1n) is 25.4. The molecule has 13 aromatic rings. The molecular weight excluding hydrogens is 893 g/mol. The van der Waals surface area contributed by atoms with Crippen molar-refractivity contribution in [2.75, 3.05) is 9.80 Å². The first-order valence-corrected chi connectivity index (χ1v) is 25.4. The normalized spacial score (nSPS) is 11.2. The number of para-hydroxylation sites is 2. The lowest BCUT2D eigenvalue weighted by Crippen LogP contribution is -2.10. The zero-order chi connectivity index (χ0) is 49.2. The van der Waals surface area contributed by atoms with Crippen LogP contribution in [0.4, 0.5) is 34.1 Å². The lowest BCUT2D eigenvalue weighted by molar-refractivity contribution is 1.29. The summed E-state index contributed by atoms with van der Waals surface area (Å²) < 4.78 is 0. The summed E-state index contributed by atoms with van der Waals surface area (Å²) in [6.45, 7) is 0. The Hall–Kier alpha value is -9.76. The summed E-state index contributed by atoms with van der Waals surface area (Å²) in [5.41, 5.74) is 18.3. The summed E-state index contributed by atoms with van der Waals surface area (Å²) in [5.74, 6) is 0. The molecule has 348 valence electrons. The van der Waals surface area contributed by atoms with Crippen molar-refractivity contribution in [1.29, 1.82) is 0 Å². The summed E-state index contributed by atoms with van der Waals surface area (Å²) in [5, 5.41) is 7.12. The van der Waals surface area contributed by atoms with Gasteiger partial charge in [0.05, 0.1) is 0 Å². The van der Waals surface area contributed by atoms with Crippen molar-refractivity contribution in [2.45, 2.75) is 0 Å². The molecule has 0 fully saturated rings. The molecule has 2 heteroatoms. The van der Waals surface area contributed by atoms with Gasteiger partial charge in [-0.1, -0.05) is 218 Å². The average Bonchev–Trinajstić information content (AvgIpc) is 3.49. The molecule has 0 atom stereocenters. The summed E-state index contributed by atoms with van der Waals surface area (Å²) in [4.78, 5) is 4.81. The lowest BCUT2D eigenvalue weighted by Gasteiger charge is -2.28. The fourth-order valence-corrected chi connectivity index (χ4v) is 10.9. The van der Waals surface area contributed by atoms with Crippen LogP contribution >= 0.6 is 0 Å². The van der Waals surface area contributed by atoms with Crippen LogP contribution in [0, 0.1) is 0 Å². The van der Waals surface area contributed by atoms with Gasteiger partial charge in [0.25, 0.3) is 0 Å². The molecule has 0 unspecified atom stereocenters. The molecule has 0 aliphatic rings. The number of hydrogen-bond donors (Lipinski definition) is 0. The minimum atomic E-state index is 1.07. The van der Waals surface area contributed by atoms with Gasteiger partial charge in [0.1, 0.15) is 0 Å². The lowest BCUT2D eigenvalue weighted by atomic mass is 9.84. The van der Waals surface area contributed by atoms with Crippen LogP contribution in [0.3, 0.4) is 0 Å². The maximum Gasteiger partial charge on any atom is 0.0468 e. The second-order valence-corrected chi connectivity index (χ2v) is 18.9. The van der Waals surface area contributed by atoms with Crippen LogP contribution in [0.5, 0.6) is 0 Å². The van der Waals surface area contributed by atoms with Gasteiger partial charge in [-0.2, -0.15) is 0 Å². The first kappa shape index (κ1) is 44.2. The van der Waals surface area contributed by atoms with Crippen LogP contribution in [0.25, 0.3) is 88.0 Å². The van der Waals surface area contributed by atoms with E-state index in [2.05, 4.69) is 313 Å². The highest BCUT2D eigenvalue weighted by Crippen LogP contribution is 2.49. The molecule has 0 aromatic heterocycles. The number of anilines is 6. The van der Waals surface area contributed by atoms with E-state index in [1.165, 1.54) is 82.4 Å². The molecule has 0 heterocycles. The molecule has 0 radical (unpaired) electrons. The molecule has 13 aromatic carbocycles. The zero-order valence-electron chi connectivity index (χ0n) is 40.8. The van der Waals surface area contributed by atoms with Gasteiger partial charge in [-0.25, -0.2) is 0 Å². The second-order valence-electron chi connectivity index (χ2n) is 18.9. The van der Waals surface area contributed by atoms with Crippen molar-refractivity contribution in [3.8, 4) is 55.6 Å². The van der Waals surface area contributed by atoms with Crippen molar-refractivity contribution in [3.05, 3.63) is 303 Å². The topological polar surface area (TPSA) is 6.48 Å². The number of nitrogens with zero attached hydrogens (tertiary/aromatic N) is 2. The van der Waals surface area contributed by atoms with Gasteiger partial charge < -0.3 is 9.80 Å². The highest BCUT2D eigenvalue weighted by Gasteiger charge is 2.23. The van der Waals surface area contributed by atoms with Gasteiger partial charge in [0, 0.05) is 34.1 Å². The minimum absolute atomic E-state index is 1.07. The molecule has 0 saturated carbocycles. The van der Waals surface area contributed by atoms with Crippen molar-refractivity contribution in [1.82, 2.24) is 0 Å². The number of rotatable bonds is 11. The Bertz CT molecular complexity index is 4120. The van der Waals surface area contributed by atoms with Crippen molar-refractivity contribution in [3.63, 3.8) is 0 Å². The number of fused-ring (bicyclic) bond motifs is 3. The number of benzene rings is 13. The van der Waals surface area contributed by atoms with E-state index in [-0.39, 0.29) is 0 Å². The molecule has 0 aliphatic carbocycles. The largest absolute Gasteiger partial charge is 0.310 e. The van der Waals surface area contributed by atoms with E-state index in [9.17, 15) is 0 Å². The van der Waals surface area contributed by atoms with Gasteiger partial charge in [0.2, 0.25) is 0 Å². The van der Waals surface area contributed by atoms with Gasteiger partial charge in [-0.05, 0) is 173 Å². The molecule has 0 N–H and O–H groups in total. The van der Waals surface area contributed by atoms with E-state index in [4.69, 9.17) is 0 Å². The predicted molar refractivity (Wildman–Crippen MR) is 316 cm³/mol. The van der Waals surface area contributed by atoms with E-state index in [0.717, 1.165) is 39.7 Å². The van der Waals surface area contributed by atoms with E-state index in [1.807, 2.05) is 0 Å². The van der Waals surface area contributed by atoms with Crippen LogP contribution in [0.1, 0.15) is 0 Å². The van der Waals surface area contributed by atoms with Crippen LogP contribution in [-0.4, -0.2) is 0 Å². The molecule has 2 nitrogen and oxygen atoms in total. The standard InChI is InChI=1S/C72H50N2/c1-6-21-51(22-7-1)56-29-18-32-59(45-56)71-67-43-41-66(74(62-35-14-5-15-36-62)64-38-20-31-58(48-64)53-25-10-3-11-26-53)50-70(67)72(60-40-39-54-27-16-17-28-55(54)46-60)68-44-42-65(49-69(68)71)73(61-33-12-4-13-34-61)63-37-19-30-57(47-63)52-23-8-2-9-24-52/h1-50H. The van der Waals surface area contributed by atoms with Crippen LogP contribution in [0.15, 0.2) is 303 Å². The monoisotopic (exact) mass is 942 g/mol. The Morgan fingerprint density at radius 1 is 0.162 bits per heavy atom. The van der Waals surface area contributed by atoms with Crippen LogP contribution < -0.4 is 9.80 Å². The minimum Gasteiger partial charge on any atom is -0.310 e. The zero-order valence-corrected chi connectivity index (χ0v) is 40.8. The molecule has 0 saturated heterocycles. The molecule has 0 aliphatic heterocycles.